The van der Waals surface area contributed by atoms with Crippen molar-refractivity contribution >= 4 is 28.9 Å². The average Bonchev–Trinajstić information content (AvgIpc) is 3.34. The van der Waals surface area contributed by atoms with Gasteiger partial charge in [-0.25, -0.2) is 4.98 Å². The monoisotopic (exact) mass is 494 g/mol. The van der Waals surface area contributed by atoms with Crippen molar-refractivity contribution in [3.8, 4) is 17.2 Å². The third-order valence-corrected chi connectivity index (χ3v) is 6.72. The molecule has 1 aliphatic heterocycles. The van der Waals surface area contributed by atoms with E-state index in [9.17, 15) is 14.4 Å². The number of hydrogen-bond donors (Lipinski definition) is 1. The topological polar surface area (TPSA) is 110 Å². The number of rotatable bonds is 11. The molecule has 2 heterocycles. The van der Waals surface area contributed by atoms with Gasteiger partial charge in [-0.15, -0.1) is 0 Å². The molecule has 9 heteroatoms. The molecule has 182 valence electrons. The van der Waals surface area contributed by atoms with Crippen molar-refractivity contribution in [3.63, 3.8) is 0 Å². The Bertz CT molecular complexity index is 1190. The number of imide groups is 1. The van der Waals surface area contributed by atoms with Crippen LogP contribution >= 0.6 is 11.8 Å². The number of carbonyl (C=O) groups excluding carboxylic acids is 2. The number of amides is 2. The number of carbonyl (C=O) groups is 3. The summed E-state index contributed by atoms with van der Waals surface area (Å²) in [5, 5.41) is 7.94. The van der Waals surface area contributed by atoms with Gasteiger partial charge in [0.25, 0.3) is 5.24 Å². The maximum Gasteiger partial charge on any atom is 0.303 e. The molecule has 2 amide bonds. The highest BCUT2D eigenvalue weighted by Gasteiger charge is 2.39. The van der Waals surface area contributed by atoms with Crippen molar-refractivity contribution in [2.45, 2.75) is 37.9 Å². The van der Waals surface area contributed by atoms with Gasteiger partial charge in [0, 0.05) is 24.9 Å². The summed E-state index contributed by atoms with van der Waals surface area (Å²) in [4.78, 5) is 41.1. The zero-order valence-corrected chi connectivity index (χ0v) is 20.1. The Morgan fingerprint density at radius 2 is 1.89 bits per heavy atom. The summed E-state index contributed by atoms with van der Waals surface area (Å²) in [5.41, 5.74) is 2.71. The number of aromatic nitrogens is 1. The number of hydrogen-bond acceptors (Lipinski definition) is 7. The van der Waals surface area contributed by atoms with Crippen molar-refractivity contribution in [3.05, 3.63) is 71.6 Å². The Kier molecular flexibility index (Phi) is 7.87. The van der Waals surface area contributed by atoms with Gasteiger partial charge in [-0.1, -0.05) is 42.1 Å². The van der Waals surface area contributed by atoms with Crippen LogP contribution in [0.3, 0.4) is 0 Å². The lowest BCUT2D eigenvalue weighted by atomic mass is 10.1. The van der Waals surface area contributed by atoms with Gasteiger partial charge in [-0.2, -0.15) is 0 Å². The second-order valence-electron chi connectivity index (χ2n) is 8.19. The molecular formula is C26H26N2O6S. The fourth-order valence-electron chi connectivity index (χ4n) is 3.78. The molecule has 1 unspecified atom stereocenters. The highest BCUT2D eigenvalue weighted by molar-refractivity contribution is 8.15. The lowest BCUT2D eigenvalue weighted by Gasteiger charge is -2.13. The summed E-state index contributed by atoms with van der Waals surface area (Å²) >= 11 is 0.996. The Labute approximate surface area is 207 Å². The highest BCUT2D eigenvalue weighted by Crippen LogP contribution is 2.30. The number of thioether (sulfide) groups is 1. The smallest absolute Gasteiger partial charge is 0.303 e. The number of aryl methyl sites for hydroxylation is 1. The molecule has 4 rings (SSSR count). The summed E-state index contributed by atoms with van der Waals surface area (Å²) in [6.45, 7) is 2.47. The SMILES string of the molecule is Cc1oc(-c2ccccc2)nc1CCOc1ccc(CC2SC(=O)N(CCCC(=O)O)C2=O)cc1. The third kappa shape index (κ3) is 6.30. The molecule has 2 aromatic carbocycles. The normalized spacial score (nSPS) is 15.6. The average molecular weight is 495 g/mol. The predicted molar refractivity (Wildman–Crippen MR) is 131 cm³/mol. The van der Waals surface area contributed by atoms with Gasteiger partial charge >= 0.3 is 5.97 Å². The van der Waals surface area contributed by atoms with Crippen molar-refractivity contribution in [1.82, 2.24) is 9.88 Å². The van der Waals surface area contributed by atoms with E-state index in [2.05, 4.69) is 4.98 Å². The maximum absolute atomic E-state index is 12.6. The molecule has 35 heavy (non-hydrogen) atoms. The van der Waals surface area contributed by atoms with E-state index in [1.165, 1.54) is 0 Å². The Hall–Kier alpha value is -3.59. The van der Waals surface area contributed by atoms with Crippen LogP contribution in [0.1, 0.15) is 29.9 Å². The molecule has 3 aromatic rings. The number of carboxylic acids is 1. The van der Waals surface area contributed by atoms with Crippen LogP contribution in [0.25, 0.3) is 11.5 Å². The number of benzene rings is 2. The van der Waals surface area contributed by atoms with Crippen LogP contribution < -0.4 is 4.74 Å². The van der Waals surface area contributed by atoms with E-state index in [1.54, 1.807) is 0 Å². The van der Waals surface area contributed by atoms with Crippen molar-refractivity contribution in [1.29, 1.82) is 0 Å². The van der Waals surface area contributed by atoms with E-state index < -0.39 is 11.2 Å². The van der Waals surface area contributed by atoms with Crippen LogP contribution in [0.4, 0.5) is 4.79 Å². The molecule has 0 bridgehead atoms. The van der Waals surface area contributed by atoms with Crippen LogP contribution in [0.2, 0.25) is 0 Å². The van der Waals surface area contributed by atoms with Gasteiger partial charge in [0.05, 0.1) is 17.6 Å². The lowest BCUT2D eigenvalue weighted by molar-refractivity contribution is -0.137. The summed E-state index contributed by atoms with van der Waals surface area (Å²) in [6, 6.07) is 17.2. The molecule has 1 aromatic heterocycles. The van der Waals surface area contributed by atoms with Gasteiger partial charge in [0.2, 0.25) is 11.8 Å². The van der Waals surface area contributed by atoms with Gasteiger partial charge in [0.1, 0.15) is 11.5 Å². The zero-order valence-electron chi connectivity index (χ0n) is 19.3. The molecule has 0 radical (unpaired) electrons. The Morgan fingerprint density at radius 3 is 2.60 bits per heavy atom. The van der Waals surface area contributed by atoms with Crippen LogP contribution in [0.15, 0.2) is 59.0 Å². The Morgan fingerprint density at radius 1 is 1.14 bits per heavy atom. The van der Waals surface area contributed by atoms with E-state index in [-0.39, 0.29) is 30.5 Å². The number of ether oxygens (including phenoxy) is 1. The highest BCUT2D eigenvalue weighted by atomic mass is 32.2. The third-order valence-electron chi connectivity index (χ3n) is 5.64. The standard InChI is InChI=1S/C26H26N2O6S/c1-17-21(27-24(34-17)19-6-3-2-4-7-19)13-15-33-20-11-9-18(10-12-20)16-22-25(31)28(26(32)35-22)14-5-8-23(29)30/h2-4,6-7,9-12,22H,5,8,13-16H2,1H3,(H,29,30). The minimum atomic E-state index is -0.941. The van der Waals surface area contributed by atoms with Gasteiger partial charge in [-0.05, 0) is 49.6 Å². The van der Waals surface area contributed by atoms with Crippen molar-refractivity contribution in [2.75, 3.05) is 13.2 Å². The van der Waals surface area contributed by atoms with Gasteiger partial charge in [-0.3, -0.25) is 19.3 Å². The first kappa shape index (κ1) is 24.5. The van der Waals surface area contributed by atoms with Crippen LogP contribution in [0.5, 0.6) is 5.75 Å². The molecule has 8 nitrogen and oxygen atoms in total. The molecule has 0 aliphatic carbocycles. The first-order chi connectivity index (χ1) is 16.9. The van der Waals surface area contributed by atoms with Gasteiger partial charge < -0.3 is 14.3 Å². The number of aliphatic carboxylic acids is 1. The number of nitrogens with zero attached hydrogens (tertiary/aromatic N) is 2. The van der Waals surface area contributed by atoms with Crippen LogP contribution in [-0.2, 0) is 22.4 Å². The molecule has 1 fully saturated rings. The van der Waals surface area contributed by atoms with E-state index in [0.29, 0.717) is 31.1 Å². The van der Waals surface area contributed by atoms with Crippen LogP contribution in [0, 0.1) is 6.92 Å². The summed E-state index contributed by atoms with van der Waals surface area (Å²) < 4.78 is 11.6. The number of carboxylic acid groups (broad SMARTS) is 1. The Balaban J connectivity index is 1.26. The van der Waals surface area contributed by atoms with E-state index in [4.69, 9.17) is 14.3 Å². The van der Waals surface area contributed by atoms with Gasteiger partial charge in [0.15, 0.2) is 0 Å². The summed E-state index contributed by atoms with van der Waals surface area (Å²) in [7, 11) is 0. The molecule has 1 aliphatic rings. The molecular weight excluding hydrogens is 468 g/mol. The second-order valence-corrected chi connectivity index (χ2v) is 9.35. The minimum absolute atomic E-state index is 0.0712. The molecule has 0 spiro atoms. The van der Waals surface area contributed by atoms with E-state index >= 15 is 0 Å². The van der Waals surface area contributed by atoms with E-state index in [1.807, 2.05) is 61.5 Å². The first-order valence-corrected chi connectivity index (χ1v) is 12.3. The minimum Gasteiger partial charge on any atom is -0.493 e. The molecule has 0 saturated carbocycles. The van der Waals surface area contributed by atoms with Crippen LogP contribution in [-0.4, -0.2) is 50.5 Å². The fourth-order valence-corrected chi connectivity index (χ4v) is 4.84. The molecule has 1 N–H and O–H groups in total. The number of oxazole rings is 1. The quantitative estimate of drug-likeness (QED) is 0.407. The molecule has 1 atom stereocenters. The van der Waals surface area contributed by atoms with Crippen molar-refractivity contribution in [2.24, 2.45) is 0 Å². The zero-order chi connectivity index (χ0) is 24.8. The second kappa shape index (κ2) is 11.2. The van der Waals surface area contributed by atoms with E-state index in [0.717, 1.165) is 39.2 Å². The molecule has 1 saturated heterocycles. The maximum atomic E-state index is 12.6. The fraction of sp³-hybridized carbons (Fsp3) is 0.308. The summed E-state index contributed by atoms with van der Waals surface area (Å²) in [6.07, 6.45) is 1.22. The lowest BCUT2D eigenvalue weighted by Crippen LogP contribution is -2.33. The summed E-state index contributed by atoms with van der Waals surface area (Å²) in [5.74, 6) is 0.871. The largest absolute Gasteiger partial charge is 0.493 e. The first-order valence-electron chi connectivity index (χ1n) is 11.4. The van der Waals surface area contributed by atoms with Crippen molar-refractivity contribution < 1.29 is 28.6 Å². The predicted octanol–water partition coefficient (Wildman–Crippen LogP) is 4.74.